The van der Waals surface area contributed by atoms with Crippen LogP contribution in [0.3, 0.4) is 0 Å². The molecule has 10 nitrogen and oxygen atoms in total. The number of anilines is 1. The molecule has 2 aliphatic carbocycles. The van der Waals surface area contributed by atoms with Crippen molar-refractivity contribution in [1.82, 2.24) is 19.7 Å². The Bertz CT molecular complexity index is 1580. The molecule has 1 aromatic carbocycles. The van der Waals surface area contributed by atoms with Gasteiger partial charge in [0.1, 0.15) is 17.7 Å². The van der Waals surface area contributed by atoms with E-state index in [1.54, 1.807) is 20.2 Å². The first kappa shape index (κ1) is 34.0. The average molecular weight is 658 g/mol. The monoisotopic (exact) mass is 657 g/mol. The lowest BCUT2D eigenvalue weighted by Crippen LogP contribution is -2.62. The van der Waals surface area contributed by atoms with Crippen molar-refractivity contribution in [2.24, 2.45) is 11.8 Å². The molecular weight excluding hydrogens is 606 g/mol. The van der Waals surface area contributed by atoms with Crippen LogP contribution in [-0.4, -0.2) is 75.2 Å². The molecule has 258 valence electrons. The summed E-state index contributed by atoms with van der Waals surface area (Å²) in [6.45, 7) is 9.24. The molecule has 3 heterocycles. The number of carbonyl (C=O) groups excluding carboxylic acids is 2. The van der Waals surface area contributed by atoms with E-state index in [-0.39, 0.29) is 30.1 Å². The Morgan fingerprint density at radius 3 is 2.38 bits per heavy atom. The average Bonchev–Trinajstić information content (AvgIpc) is 3.58. The number of pyridine rings is 1. The zero-order chi connectivity index (χ0) is 34.0. The Balaban J connectivity index is 1.14. The number of amides is 2. The number of aliphatic hydroxyl groups is 1. The molecule has 0 unspecified atom stereocenters. The SMILES string of the molecule is COc1ccc(C2CCC(CN(C(=O)C3CCC(OC(=O)N4CC(C)(O)C4)CC3)c3cc(-c4cnn(C(C)C)c4)ccn3)CC2)cc1C. The molecule has 3 aromatic rings. The van der Waals surface area contributed by atoms with Crippen molar-refractivity contribution in [3.8, 4) is 16.9 Å². The van der Waals surface area contributed by atoms with E-state index in [2.05, 4.69) is 44.1 Å². The van der Waals surface area contributed by atoms with E-state index >= 15 is 0 Å². The molecule has 2 saturated carbocycles. The van der Waals surface area contributed by atoms with Gasteiger partial charge in [-0.3, -0.25) is 14.4 Å². The number of nitrogens with zero attached hydrogens (tertiary/aromatic N) is 5. The third kappa shape index (κ3) is 7.69. The molecule has 6 rings (SSSR count). The number of ether oxygens (including phenoxy) is 2. The Hall–Kier alpha value is -3.92. The minimum Gasteiger partial charge on any atom is -0.496 e. The van der Waals surface area contributed by atoms with Gasteiger partial charge >= 0.3 is 6.09 Å². The number of hydrogen-bond acceptors (Lipinski definition) is 7. The van der Waals surface area contributed by atoms with Crippen LogP contribution >= 0.6 is 0 Å². The molecule has 3 fully saturated rings. The van der Waals surface area contributed by atoms with E-state index < -0.39 is 5.60 Å². The summed E-state index contributed by atoms with van der Waals surface area (Å²) in [6, 6.07) is 10.8. The van der Waals surface area contributed by atoms with Gasteiger partial charge in [0, 0.05) is 36.5 Å². The smallest absolute Gasteiger partial charge is 0.410 e. The lowest BCUT2D eigenvalue weighted by Gasteiger charge is -2.44. The Labute approximate surface area is 284 Å². The molecule has 2 amide bonds. The quantitative estimate of drug-likeness (QED) is 0.266. The van der Waals surface area contributed by atoms with Gasteiger partial charge in [0.05, 0.1) is 32.0 Å². The number of aromatic nitrogens is 3. The van der Waals surface area contributed by atoms with Crippen molar-refractivity contribution < 1.29 is 24.2 Å². The number of rotatable bonds is 9. The van der Waals surface area contributed by atoms with Crippen LogP contribution in [0.4, 0.5) is 10.6 Å². The molecule has 1 aliphatic heterocycles. The normalized spacial score (nSPS) is 23.8. The summed E-state index contributed by atoms with van der Waals surface area (Å²) in [4.78, 5) is 35.2. The van der Waals surface area contributed by atoms with Gasteiger partial charge in [-0.05, 0) is 126 Å². The number of hydrogen-bond donors (Lipinski definition) is 1. The highest BCUT2D eigenvalue weighted by Crippen LogP contribution is 2.39. The van der Waals surface area contributed by atoms with Crippen molar-refractivity contribution in [1.29, 1.82) is 0 Å². The van der Waals surface area contributed by atoms with Crippen LogP contribution in [0.15, 0.2) is 48.9 Å². The molecule has 0 bridgehead atoms. The summed E-state index contributed by atoms with van der Waals surface area (Å²) >= 11 is 0. The van der Waals surface area contributed by atoms with Crippen molar-refractivity contribution >= 4 is 17.8 Å². The largest absolute Gasteiger partial charge is 0.496 e. The Morgan fingerprint density at radius 2 is 1.75 bits per heavy atom. The van der Waals surface area contributed by atoms with Gasteiger partial charge in [0.2, 0.25) is 5.91 Å². The maximum Gasteiger partial charge on any atom is 0.410 e. The second-order valence-corrected chi connectivity index (χ2v) is 14.8. The molecule has 2 aromatic heterocycles. The lowest BCUT2D eigenvalue weighted by atomic mass is 9.78. The molecule has 0 spiro atoms. The summed E-state index contributed by atoms with van der Waals surface area (Å²) in [5, 5.41) is 14.5. The number of benzene rings is 1. The van der Waals surface area contributed by atoms with Gasteiger partial charge in [0.25, 0.3) is 0 Å². The van der Waals surface area contributed by atoms with Gasteiger partial charge in [-0.1, -0.05) is 12.1 Å². The molecule has 10 heteroatoms. The van der Waals surface area contributed by atoms with Gasteiger partial charge in [0.15, 0.2) is 0 Å². The van der Waals surface area contributed by atoms with E-state index in [1.807, 2.05) is 34.1 Å². The molecule has 0 atom stereocenters. The second kappa shape index (κ2) is 14.3. The van der Waals surface area contributed by atoms with Crippen molar-refractivity contribution in [2.45, 2.75) is 103 Å². The van der Waals surface area contributed by atoms with E-state index in [0.717, 1.165) is 48.1 Å². The highest BCUT2D eigenvalue weighted by Gasteiger charge is 2.41. The predicted octanol–water partition coefficient (Wildman–Crippen LogP) is 6.91. The van der Waals surface area contributed by atoms with Crippen LogP contribution < -0.4 is 9.64 Å². The standard InChI is InChI=1S/C38H51N5O5/c1-25(2)43-22-32(20-40-43)31-16-17-39-35(19-31)42(21-27-6-8-28(9-7-27)30-12-15-34(47-5)26(3)18-30)36(44)29-10-13-33(14-11-29)48-37(45)41-23-38(4,46)24-41/h12,15-20,22,25,27-29,33,46H,6-11,13-14,21,23-24H2,1-5H3. The fourth-order valence-electron chi connectivity index (χ4n) is 7.67. The first-order valence-electron chi connectivity index (χ1n) is 17.6. The molecule has 1 N–H and O–H groups in total. The van der Waals surface area contributed by atoms with Crippen LogP contribution in [-0.2, 0) is 9.53 Å². The van der Waals surface area contributed by atoms with Crippen LogP contribution in [0.2, 0.25) is 0 Å². The van der Waals surface area contributed by atoms with E-state index in [4.69, 9.17) is 14.5 Å². The van der Waals surface area contributed by atoms with Crippen LogP contribution in [0.25, 0.3) is 11.1 Å². The van der Waals surface area contributed by atoms with Gasteiger partial charge < -0.3 is 19.5 Å². The van der Waals surface area contributed by atoms with E-state index in [9.17, 15) is 14.7 Å². The minimum absolute atomic E-state index is 0.106. The fraction of sp³-hybridized carbons (Fsp3) is 0.579. The lowest BCUT2D eigenvalue weighted by molar-refractivity contribution is -0.124. The second-order valence-electron chi connectivity index (χ2n) is 14.8. The maximum atomic E-state index is 14.4. The van der Waals surface area contributed by atoms with Crippen molar-refractivity contribution in [3.05, 3.63) is 60.0 Å². The van der Waals surface area contributed by atoms with Crippen molar-refractivity contribution in [3.63, 3.8) is 0 Å². The van der Waals surface area contributed by atoms with Crippen LogP contribution in [0, 0.1) is 18.8 Å². The van der Waals surface area contributed by atoms with Gasteiger partial charge in [-0.25, -0.2) is 9.78 Å². The molecule has 48 heavy (non-hydrogen) atoms. The van der Waals surface area contributed by atoms with Crippen molar-refractivity contribution in [2.75, 3.05) is 31.6 Å². The third-order valence-electron chi connectivity index (χ3n) is 10.5. The zero-order valence-electron chi connectivity index (χ0n) is 29.1. The topological polar surface area (TPSA) is 110 Å². The van der Waals surface area contributed by atoms with Gasteiger partial charge in [-0.15, -0.1) is 0 Å². The highest BCUT2D eigenvalue weighted by atomic mass is 16.6. The highest BCUT2D eigenvalue weighted by molar-refractivity contribution is 5.94. The maximum absolute atomic E-state index is 14.4. The first-order valence-corrected chi connectivity index (χ1v) is 17.6. The minimum atomic E-state index is -0.833. The Morgan fingerprint density at radius 1 is 1.02 bits per heavy atom. The predicted molar refractivity (Wildman–Crippen MR) is 185 cm³/mol. The summed E-state index contributed by atoms with van der Waals surface area (Å²) in [7, 11) is 1.71. The molecule has 0 radical (unpaired) electrons. The van der Waals surface area contributed by atoms with Crippen LogP contribution in [0.5, 0.6) is 5.75 Å². The summed E-state index contributed by atoms with van der Waals surface area (Å²) in [5.41, 5.74) is 3.69. The number of β-amino-alcohol motifs (C(OH)–C–C–N with tert-alkyl or cyclic N) is 1. The molecule has 1 saturated heterocycles. The summed E-state index contributed by atoms with van der Waals surface area (Å²) < 4.78 is 13.2. The zero-order valence-corrected chi connectivity index (χ0v) is 29.1. The van der Waals surface area contributed by atoms with Crippen LogP contribution in [0.1, 0.15) is 95.2 Å². The number of aryl methyl sites for hydroxylation is 1. The van der Waals surface area contributed by atoms with E-state index in [0.29, 0.717) is 63.0 Å². The molecular formula is C38H51N5O5. The first-order chi connectivity index (χ1) is 23.0. The Kier molecular flexibility index (Phi) is 10.1. The molecule has 3 aliphatic rings. The number of likely N-dealkylation sites (tertiary alicyclic amines) is 1. The summed E-state index contributed by atoms with van der Waals surface area (Å²) in [6.07, 6.45) is 12.0. The fourth-order valence-corrected chi connectivity index (χ4v) is 7.67. The number of carbonyl (C=O) groups is 2. The van der Waals surface area contributed by atoms with E-state index in [1.165, 1.54) is 10.5 Å². The summed E-state index contributed by atoms with van der Waals surface area (Å²) in [5.74, 6) is 2.44. The third-order valence-corrected chi connectivity index (χ3v) is 10.5. The number of methoxy groups -OCH3 is 1. The van der Waals surface area contributed by atoms with Gasteiger partial charge in [-0.2, -0.15) is 5.10 Å².